The Bertz CT molecular complexity index is 1850. The van der Waals surface area contributed by atoms with Crippen molar-refractivity contribution >= 4 is 0 Å². The van der Waals surface area contributed by atoms with Gasteiger partial charge in [-0.3, -0.25) is 9.97 Å². The summed E-state index contributed by atoms with van der Waals surface area (Å²) in [5.41, 5.74) is 14.8. The molecular formula is C39H31N3. The molecule has 3 aromatic carbocycles. The molecule has 3 nitrogen and oxygen atoms in total. The first-order valence-electron chi connectivity index (χ1n) is 15.0. The summed E-state index contributed by atoms with van der Waals surface area (Å²) in [4.78, 5) is 13.8. The molecule has 0 amide bonds. The molecule has 6 aromatic rings. The highest BCUT2D eigenvalue weighted by atomic mass is 14.7. The van der Waals surface area contributed by atoms with E-state index in [0.717, 1.165) is 33.6 Å². The molecule has 0 bridgehead atoms. The Morgan fingerprint density at radius 1 is 0.476 bits per heavy atom. The first kappa shape index (κ1) is 24.9. The topological polar surface area (TPSA) is 38.7 Å². The van der Waals surface area contributed by atoms with Gasteiger partial charge < -0.3 is 0 Å². The second-order valence-electron chi connectivity index (χ2n) is 11.6. The molecule has 0 unspecified atom stereocenters. The molecule has 0 saturated heterocycles. The van der Waals surface area contributed by atoms with Gasteiger partial charge in [-0.2, -0.15) is 0 Å². The van der Waals surface area contributed by atoms with Gasteiger partial charge in [-0.15, -0.1) is 0 Å². The molecule has 202 valence electrons. The van der Waals surface area contributed by atoms with Crippen molar-refractivity contribution in [1.82, 2.24) is 15.0 Å². The van der Waals surface area contributed by atoms with Gasteiger partial charge in [0.15, 0.2) is 0 Å². The van der Waals surface area contributed by atoms with E-state index in [1.54, 1.807) is 0 Å². The smallest absolute Gasteiger partial charge is 0.0716 e. The maximum absolute atomic E-state index is 5.17. The van der Waals surface area contributed by atoms with Crippen molar-refractivity contribution < 1.29 is 0 Å². The van der Waals surface area contributed by atoms with Crippen molar-refractivity contribution in [2.45, 2.75) is 37.5 Å². The largest absolute Gasteiger partial charge is 0.265 e. The lowest BCUT2D eigenvalue weighted by Crippen LogP contribution is -2.28. The molecule has 2 aliphatic carbocycles. The Labute approximate surface area is 247 Å². The van der Waals surface area contributed by atoms with Gasteiger partial charge in [0.2, 0.25) is 0 Å². The molecule has 3 heterocycles. The maximum Gasteiger partial charge on any atom is 0.0716 e. The van der Waals surface area contributed by atoms with E-state index < -0.39 is 0 Å². The van der Waals surface area contributed by atoms with E-state index in [2.05, 4.69) is 94.9 Å². The van der Waals surface area contributed by atoms with Crippen molar-refractivity contribution in [2.75, 3.05) is 0 Å². The molecule has 0 N–H and O–H groups in total. The Kier molecular flexibility index (Phi) is 6.03. The van der Waals surface area contributed by atoms with Gasteiger partial charge in [-0.25, -0.2) is 4.98 Å². The molecule has 8 rings (SSSR count). The molecular weight excluding hydrogens is 510 g/mol. The van der Waals surface area contributed by atoms with Crippen molar-refractivity contribution in [3.63, 3.8) is 0 Å². The minimum absolute atomic E-state index is 0.101. The highest BCUT2D eigenvalue weighted by molar-refractivity contribution is 5.89. The van der Waals surface area contributed by atoms with Crippen LogP contribution >= 0.6 is 0 Å². The molecule has 0 aliphatic heterocycles. The van der Waals surface area contributed by atoms with Crippen LogP contribution in [-0.2, 0) is 5.41 Å². The lowest BCUT2D eigenvalue weighted by molar-refractivity contribution is 0.353. The molecule has 0 atom stereocenters. The molecule has 3 heteroatoms. The summed E-state index contributed by atoms with van der Waals surface area (Å²) < 4.78 is 0. The van der Waals surface area contributed by atoms with E-state index in [-0.39, 0.29) is 5.41 Å². The van der Waals surface area contributed by atoms with Crippen molar-refractivity contribution in [3.05, 3.63) is 139 Å². The van der Waals surface area contributed by atoms with Gasteiger partial charge in [0.1, 0.15) is 0 Å². The molecule has 1 saturated carbocycles. The maximum atomic E-state index is 5.17. The standard InChI is InChI=1S/C39H31N3/c1-4-18-39(19-5-1)35-15-3-2-12-33(35)34-14-7-13-32(38(34)39)28-9-6-10-29(23-28)37-25-31(30-11-8-20-41-26-30)24-36(42-37)27-16-21-40-22-17-27/h2-3,6-17,20-26H,1,4-5,18-19H2. The third kappa shape index (κ3) is 4.08. The number of hydrogen-bond acceptors (Lipinski definition) is 3. The van der Waals surface area contributed by atoms with Crippen LogP contribution in [0.1, 0.15) is 43.2 Å². The van der Waals surface area contributed by atoms with Crippen LogP contribution in [0.2, 0.25) is 0 Å². The minimum atomic E-state index is 0.101. The normalized spacial score (nSPS) is 14.9. The highest BCUT2D eigenvalue weighted by Gasteiger charge is 2.45. The Morgan fingerprint density at radius 3 is 2.02 bits per heavy atom. The fourth-order valence-corrected chi connectivity index (χ4v) is 7.37. The molecule has 1 spiro atoms. The predicted octanol–water partition coefficient (Wildman–Crippen LogP) is 9.77. The molecule has 0 radical (unpaired) electrons. The fraction of sp³-hybridized carbons (Fsp3) is 0.154. The van der Waals surface area contributed by atoms with Crippen LogP contribution in [0.5, 0.6) is 0 Å². The molecule has 1 fully saturated rings. The van der Waals surface area contributed by atoms with Crippen LogP contribution in [0.25, 0.3) is 55.9 Å². The van der Waals surface area contributed by atoms with E-state index >= 15 is 0 Å². The van der Waals surface area contributed by atoms with Crippen LogP contribution in [0.15, 0.2) is 128 Å². The van der Waals surface area contributed by atoms with Crippen LogP contribution in [0.3, 0.4) is 0 Å². The average molecular weight is 542 g/mol. The second kappa shape index (κ2) is 10.2. The van der Waals surface area contributed by atoms with Gasteiger partial charge in [0.25, 0.3) is 0 Å². The first-order chi connectivity index (χ1) is 20.8. The number of nitrogens with zero attached hydrogens (tertiary/aromatic N) is 3. The molecule has 3 aromatic heterocycles. The number of rotatable bonds is 4. The van der Waals surface area contributed by atoms with E-state index in [1.165, 1.54) is 65.5 Å². The lowest BCUT2D eigenvalue weighted by atomic mass is 9.66. The quantitative estimate of drug-likeness (QED) is 0.223. The van der Waals surface area contributed by atoms with E-state index in [1.807, 2.05) is 43.0 Å². The summed E-state index contributed by atoms with van der Waals surface area (Å²) in [7, 11) is 0. The van der Waals surface area contributed by atoms with Gasteiger partial charge in [0.05, 0.1) is 11.4 Å². The van der Waals surface area contributed by atoms with Gasteiger partial charge in [0, 0.05) is 46.9 Å². The van der Waals surface area contributed by atoms with Crippen LogP contribution in [-0.4, -0.2) is 15.0 Å². The van der Waals surface area contributed by atoms with Gasteiger partial charge >= 0.3 is 0 Å². The zero-order valence-corrected chi connectivity index (χ0v) is 23.5. The van der Waals surface area contributed by atoms with E-state index in [9.17, 15) is 0 Å². The number of hydrogen-bond donors (Lipinski definition) is 0. The predicted molar refractivity (Wildman–Crippen MR) is 171 cm³/mol. The first-order valence-corrected chi connectivity index (χ1v) is 15.0. The number of benzene rings is 3. The number of pyridine rings is 3. The van der Waals surface area contributed by atoms with Crippen LogP contribution in [0, 0.1) is 0 Å². The second-order valence-corrected chi connectivity index (χ2v) is 11.6. The Balaban J connectivity index is 1.29. The van der Waals surface area contributed by atoms with Gasteiger partial charge in [-0.05, 0) is 88.2 Å². The summed E-state index contributed by atoms with van der Waals surface area (Å²) >= 11 is 0. The zero-order chi connectivity index (χ0) is 27.9. The van der Waals surface area contributed by atoms with Crippen molar-refractivity contribution in [1.29, 1.82) is 0 Å². The summed E-state index contributed by atoms with van der Waals surface area (Å²) in [6, 6.07) is 37.5. The summed E-state index contributed by atoms with van der Waals surface area (Å²) in [5.74, 6) is 0. The SMILES string of the molecule is c1cncc(-c2cc(-c3ccncc3)nc(-c3cccc(-c4cccc5c4C4(CCCCC4)c4ccccc4-5)c3)c2)c1. The molecule has 42 heavy (non-hydrogen) atoms. The van der Waals surface area contributed by atoms with Gasteiger partial charge in [-0.1, -0.05) is 86.0 Å². The third-order valence-electron chi connectivity index (χ3n) is 9.25. The summed E-state index contributed by atoms with van der Waals surface area (Å²) in [5, 5.41) is 0. The number of aromatic nitrogens is 3. The summed E-state index contributed by atoms with van der Waals surface area (Å²) in [6.07, 6.45) is 13.7. The highest BCUT2D eigenvalue weighted by Crippen LogP contribution is 2.58. The Morgan fingerprint density at radius 2 is 1.19 bits per heavy atom. The minimum Gasteiger partial charge on any atom is -0.265 e. The molecule has 2 aliphatic rings. The van der Waals surface area contributed by atoms with Crippen molar-refractivity contribution in [3.8, 4) is 55.9 Å². The lowest BCUT2D eigenvalue weighted by Gasteiger charge is -2.37. The zero-order valence-electron chi connectivity index (χ0n) is 23.5. The fourth-order valence-electron chi connectivity index (χ4n) is 7.37. The Hall–Kier alpha value is -4.89. The average Bonchev–Trinajstić information content (AvgIpc) is 3.35. The monoisotopic (exact) mass is 541 g/mol. The third-order valence-corrected chi connectivity index (χ3v) is 9.25. The van der Waals surface area contributed by atoms with Crippen LogP contribution in [0.4, 0.5) is 0 Å². The van der Waals surface area contributed by atoms with Crippen LogP contribution < -0.4 is 0 Å². The van der Waals surface area contributed by atoms with Crippen molar-refractivity contribution in [2.24, 2.45) is 0 Å². The summed E-state index contributed by atoms with van der Waals surface area (Å²) in [6.45, 7) is 0. The van der Waals surface area contributed by atoms with E-state index in [0.29, 0.717) is 0 Å². The van der Waals surface area contributed by atoms with E-state index in [4.69, 9.17) is 4.98 Å². The number of fused-ring (bicyclic) bond motifs is 5.